The Morgan fingerprint density at radius 1 is 1.19 bits per heavy atom. The number of sulfonamides is 1. The van der Waals surface area contributed by atoms with Crippen LogP contribution in [0.2, 0.25) is 0 Å². The molecule has 0 unspecified atom stereocenters. The first-order chi connectivity index (χ1) is 12.3. The van der Waals surface area contributed by atoms with Gasteiger partial charge in [-0.3, -0.25) is 4.79 Å². The second-order valence-electron chi connectivity index (χ2n) is 5.28. The quantitative estimate of drug-likeness (QED) is 0.443. The van der Waals surface area contributed by atoms with Gasteiger partial charge in [-0.2, -0.15) is 9.41 Å². The monoisotopic (exact) mass is 395 g/mol. The van der Waals surface area contributed by atoms with Gasteiger partial charge in [-0.15, -0.1) is 11.8 Å². The summed E-state index contributed by atoms with van der Waals surface area (Å²) < 4.78 is 38.4. The van der Waals surface area contributed by atoms with Gasteiger partial charge in [-0.05, 0) is 48.2 Å². The molecule has 0 aliphatic heterocycles. The summed E-state index contributed by atoms with van der Waals surface area (Å²) in [4.78, 5) is 12.9. The van der Waals surface area contributed by atoms with Gasteiger partial charge in [0.25, 0.3) is 5.91 Å². The summed E-state index contributed by atoms with van der Waals surface area (Å²) in [6.07, 6.45) is 3.44. The van der Waals surface area contributed by atoms with Crippen molar-refractivity contribution in [2.45, 2.75) is 9.79 Å². The fourth-order valence-corrected chi connectivity index (χ4v) is 3.51. The molecule has 0 spiro atoms. The van der Waals surface area contributed by atoms with Crippen LogP contribution in [0.15, 0.2) is 63.4 Å². The average molecular weight is 395 g/mol. The van der Waals surface area contributed by atoms with E-state index in [0.29, 0.717) is 0 Å². The average Bonchev–Trinajstić information content (AvgIpc) is 2.62. The molecule has 138 valence electrons. The van der Waals surface area contributed by atoms with Crippen molar-refractivity contribution >= 4 is 33.9 Å². The normalized spacial score (nSPS) is 11.8. The van der Waals surface area contributed by atoms with E-state index in [9.17, 15) is 17.6 Å². The summed E-state index contributed by atoms with van der Waals surface area (Å²) in [7, 11) is -2.62. The minimum absolute atomic E-state index is 0.0911. The van der Waals surface area contributed by atoms with Gasteiger partial charge in [-0.25, -0.2) is 18.2 Å². The third-order valence-electron chi connectivity index (χ3n) is 3.41. The third-order valence-corrected chi connectivity index (χ3v) is 5.97. The Balaban J connectivity index is 1.93. The molecular weight excluding hydrogens is 377 g/mol. The zero-order valence-electron chi connectivity index (χ0n) is 14.2. The van der Waals surface area contributed by atoms with Crippen LogP contribution in [0.4, 0.5) is 4.39 Å². The molecule has 9 heteroatoms. The molecule has 0 aromatic heterocycles. The Kier molecular flexibility index (Phi) is 6.90. The van der Waals surface area contributed by atoms with Crippen LogP contribution < -0.4 is 5.43 Å². The Labute approximate surface area is 156 Å². The van der Waals surface area contributed by atoms with Crippen molar-refractivity contribution in [3.8, 4) is 0 Å². The fourth-order valence-electron chi connectivity index (χ4n) is 1.98. The second-order valence-corrected chi connectivity index (χ2v) is 8.21. The molecule has 0 atom stereocenters. The fraction of sp³-hybridized carbons (Fsp3) is 0.176. The van der Waals surface area contributed by atoms with Crippen molar-refractivity contribution in [2.24, 2.45) is 5.10 Å². The molecule has 2 aromatic rings. The SMILES string of the molecule is CSc1ccc(/C=N\NC(=O)CN(C)S(=O)(=O)c2ccc(F)cc2)cc1. The van der Waals surface area contributed by atoms with Crippen LogP contribution in [-0.2, 0) is 14.8 Å². The zero-order valence-corrected chi connectivity index (χ0v) is 15.8. The molecule has 0 heterocycles. The number of nitrogens with one attached hydrogen (secondary N) is 1. The lowest BCUT2D eigenvalue weighted by Gasteiger charge is -2.16. The lowest BCUT2D eigenvalue weighted by Crippen LogP contribution is -2.36. The second kappa shape index (κ2) is 8.93. The number of halogens is 1. The van der Waals surface area contributed by atoms with Gasteiger partial charge in [0.15, 0.2) is 0 Å². The van der Waals surface area contributed by atoms with E-state index < -0.39 is 28.3 Å². The van der Waals surface area contributed by atoms with E-state index in [1.165, 1.54) is 13.3 Å². The van der Waals surface area contributed by atoms with Crippen LogP contribution in [-0.4, -0.2) is 44.7 Å². The number of hydrazone groups is 1. The molecule has 0 bridgehead atoms. The highest BCUT2D eigenvalue weighted by Crippen LogP contribution is 2.15. The maximum Gasteiger partial charge on any atom is 0.255 e. The van der Waals surface area contributed by atoms with E-state index in [4.69, 9.17) is 0 Å². The number of amides is 1. The van der Waals surface area contributed by atoms with Gasteiger partial charge in [0.05, 0.1) is 17.7 Å². The molecule has 2 rings (SSSR count). The number of hydrogen-bond donors (Lipinski definition) is 1. The number of rotatable bonds is 7. The Morgan fingerprint density at radius 2 is 1.81 bits per heavy atom. The largest absolute Gasteiger partial charge is 0.272 e. The number of carbonyl (C=O) groups is 1. The summed E-state index contributed by atoms with van der Waals surface area (Å²) in [6.45, 7) is -0.414. The van der Waals surface area contributed by atoms with Crippen molar-refractivity contribution < 1.29 is 17.6 Å². The molecule has 26 heavy (non-hydrogen) atoms. The molecule has 1 N–H and O–H groups in total. The predicted molar refractivity (Wildman–Crippen MR) is 100 cm³/mol. The van der Waals surface area contributed by atoms with Crippen LogP contribution in [0.5, 0.6) is 0 Å². The van der Waals surface area contributed by atoms with Gasteiger partial charge in [-0.1, -0.05) is 12.1 Å². The van der Waals surface area contributed by atoms with E-state index in [1.54, 1.807) is 11.8 Å². The number of likely N-dealkylation sites (N-methyl/N-ethyl adjacent to an activating group) is 1. The van der Waals surface area contributed by atoms with E-state index in [2.05, 4.69) is 10.5 Å². The molecule has 0 fully saturated rings. The summed E-state index contributed by atoms with van der Waals surface area (Å²) in [5.74, 6) is -1.13. The number of benzene rings is 2. The summed E-state index contributed by atoms with van der Waals surface area (Å²) in [6, 6.07) is 12.0. The molecule has 0 aliphatic carbocycles. The van der Waals surface area contributed by atoms with E-state index in [-0.39, 0.29) is 4.90 Å². The molecule has 6 nitrogen and oxygen atoms in total. The molecule has 1 amide bonds. The van der Waals surface area contributed by atoms with Crippen molar-refractivity contribution in [3.05, 3.63) is 59.9 Å². The zero-order chi connectivity index (χ0) is 19.2. The van der Waals surface area contributed by atoms with Crippen molar-refractivity contribution in [1.82, 2.24) is 9.73 Å². The van der Waals surface area contributed by atoms with Gasteiger partial charge < -0.3 is 0 Å². The minimum atomic E-state index is -3.88. The first kappa shape index (κ1) is 20.1. The van der Waals surface area contributed by atoms with Gasteiger partial charge in [0.1, 0.15) is 5.82 Å². The minimum Gasteiger partial charge on any atom is -0.272 e. The first-order valence-corrected chi connectivity index (χ1v) is 10.2. The topological polar surface area (TPSA) is 78.8 Å². The van der Waals surface area contributed by atoms with Gasteiger partial charge in [0.2, 0.25) is 10.0 Å². The molecule has 0 radical (unpaired) electrons. The summed E-state index contributed by atoms with van der Waals surface area (Å²) in [5.41, 5.74) is 3.08. The maximum absolute atomic E-state index is 12.9. The maximum atomic E-state index is 12.9. The van der Waals surface area contributed by atoms with Crippen molar-refractivity contribution in [1.29, 1.82) is 0 Å². The molecule has 0 saturated heterocycles. The van der Waals surface area contributed by atoms with Crippen molar-refractivity contribution in [2.75, 3.05) is 19.8 Å². The number of carbonyl (C=O) groups excluding carboxylic acids is 1. The van der Waals surface area contributed by atoms with Crippen molar-refractivity contribution in [3.63, 3.8) is 0 Å². The third kappa shape index (κ3) is 5.38. The Morgan fingerprint density at radius 3 is 2.38 bits per heavy atom. The van der Waals surface area contributed by atoms with E-state index >= 15 is 0 Å². The predicted octanol–water partition coefficient (Wildman–Crippen LogP) is 2.32. The highest BCUT2D eigenvalue weighted by Gasteiger charge is 2.22. The highest BCUT2D eigenvalue weighted by molar-refractivity contribution is 7.98. The van der Waals surface area contributed by atoms with Crippen LogP contribution in [0.3, 0.4) is 0 Å². The Hall–Kier alpha value is -2.23. The highest BCUT2D eigenvalue weighted by atomic mass is 32.2. The number of nitrogens with zero attached hydrogens (tertiary/aromatic N) is 2. The first-order valence-electron chi connectivity index (χ1n) is 7.51. The van der Waals surface area contributed by atoms with Gasteiger partial charge in [0, 0.05) is 11.9 Å². The molecule has 0 aliphatic rings. The van der Waals surface area contributed by atoms with Crippen LogP contribution in [0.1, 0.15) is 5.56 Å². The molecule has 0 saturated carbocycles. The summed E-state index contributed by atoms with van der Waals surface area (Å²) in [5, 5.41) is 3.81. The smallest absolute Gasteiger partial charge is 0.255 e. The van der Waals surface area contributed by atoms with E-state index in [1.807, 2.05) is 30.5 Å². The molecule has 2 aromatic carbocycles. The van der Waals surface area contributed by atoms with Crippen LogP contribution >= 0.6 is 11.8 Å². The summed E-state index contributed by atoms with van der Waals surface area (Å²) >= 11 is 1.62. The lowest BCUT2D eigenvalue weighted by atomic mass is 10.2. The van der Waals surface area contributed by atoms with Crippen LogP contribution in [0.25, 0.3) is 0 Å². The van der Waals surface area contributed by atoms with Gasteiger partial charge >= 0.3 is 0 Å². The molecular formula is C17H18FN3O3S2. The van der Waals surface area contributed by atoms with E-state index in [0.717, 1.165) is 39.0 Å². The lowest BCUT2D eigenvalue weighted by molar-refractivity contribution is -0.121. The van der Waals surface area contributed by atoms with Crippen LogP contribution in [0, 0.1) is 5.82 Å². The standard InChI is InChI=1S/C17H18FN3O3S2/c1-21(26(23,24)16-9-5-14(18)6-10-16)12-17(22)20-19-11-13-3-7-15(25-2)8-4-13/h3-11H,12H2,1-2H3,(H,20,22)/b19-11-. The number of thioether (sulfide) groups is 1. The Bertz CT molecular complexity index is 882. The number of hydrogen-bond acceptors (Lipinski definition) is 5.